The van der Waals surface area contributed by atoms with Gasteiger partial charge in [0, 0.05) is 16.8 Å². The van der Waals surface area contributed by atoms with Gasteiger partial charge in [-0.15, -0.1) is 5.10 Å². The molecule has 144 valence electrons. The second kappa shape index (κ2) is 6.93. The molecule has 28 heavy (non-hydrogen) atoms. The van der Waals surface area contributed by atoms with Crippen molar-refractivity contribution in [3.05, 3.63) is 52.0 Å². The minimum Gasteiger partial charge on any atom is -0.496 e. The van der Waals surface area contributed by atoms with Crippen molar-refractivity contribution < 1.29 is 19.0 Å². The molecule has 0 radical (unpaired) electrons. The van der Waals surface area contributed by atoms with E-state index in [1.54, 1.807) is 13.2 Å². The molecule has 2 aromatic rings. The van der Waals surface area contributed by atoms with E-state index in [1.807, 2.05) is 19.1 Å². The van der Waals surface area contributed by atoms with Crippen molar-refractivity contribution in [3.63, 3.8) is 0 Å². The maximum Gasteiger partial charge on any atom is 0.309 e. The highest BCUT2D eigenvalue weighted by Gasteiger charge is 2.35. The predicted octanol–water partition coefficient (Wildman–Crippen LogP) is 2.40. The van der Waals surface area contributed by atoms with Gasteiger partial charge in [-0.25, -0.2) is 0 Å². The molecule has 1 fully saturated rings. The monoisotopic (exact) mass is 380 g/mol. The van der Waals surface area contributed by atoms with Crippen molar-refractivity contribution in [2.75, 3.05) is 7.11 Å². The second-order valence-electron chi connectivity index (χ2n) is 6.95. The summed E-state index contributed by atoms with van der Waals surface area (Å²) in [6, 6.07) is 7.68. The van der Waals surface area contributed by atoms with Crippen LogP contribution in [-0.2, 0) is 16.1 Å². The summed E-state index contributed by atoms with van der Waals surface area (Å²) in [6.07, 6.45) is 1.77. The number of ether oxygens (including phenoxy) is 3. The Labute approximate surface area is 161 Å². The Hall–Kier alpha value is -3.47. The Morgan fingerprint density at radius 1 is 1.46 bits per heavy atom. The summed E-state index contributed by atoms with van der Waals surface area (Å²) in [6.45, 7) is 1.97. The summed E-state index contributed by atoms with van der Waals surface area (Å²) < 4.78 is 16.3. The highest BCUT2D eigenvalue weighted by Crippen LogP contribution is 2.43. The van der Waals surface area contributed by atoms with Crippen LogP contribution >= 0.6 is 0 Å². The molecular formula is C20H20N4O4. The molecular weight excluding hydrogens is 360 g/mol. The largest absolute Gasteiger partial charge is 0.496 e. The van der Waals surface area contributed by atoms with Crippen LogP contribution in [0.15, 0.2) is 29.7 Å². The first kappa shape index (κ1) is 17.9. The third kappa shape index (κ3) is 3.05. The molecule has 1 saturated carbocycles. The summed E-state index contributed by atoms with van der Waals surface area (Å²) in [7, 11) is 1.56. The number of aryl methyl sites for hydroxylation is 1. The number of nitrogens with two attached hydrogens (primary N) is 1. The number of aromatic amines is 1. The van der Waals surface area contributed by atoms with Gasteiger partial charge in [-0.05, 0) is 37.5 Å². The second-order valence-corrected chi connectivity index (χ2v) is 6.95. The minimum atomic E-state index is -0.434. The van der Waals surface area contributed by atoms with Crippen LogP contribution in [0.25, 0.3) is 0 Å². The number of hydrogen-bond acceptors (Lipinski definition) is 7. The van der Waals surface area contributed by atoms with Crippen molar-refractivity contribution in [2.24, 2.45) is 11.7 Å². The number of aromatic nitrogens is 2. The fraction of sp³-hybridized carbons (Fsp3) is 0.350. The van der Waals surface area contributed by atoms with Gasteiger partial charge in [0.15, 0.2) is 0 Å². The number of esters is 1. The Balaban J connectivity index is 1.73. The third-order valence-electron chi connectivity index (χ3n) is 5.05. The molecule has 1 aliphatic carbocycles. The molecule has 2 heterocycles. The number of hydrogen-bond donors (Lipinski definition) is 2. The molecule has 2 aliphatic rings. The number of H-pyrrole nitrogens is 1. The molecule has 0 unspecified atom stereocenters. The first-order valence-electron chi connectivity index (χ1n) is 8.99. The maximum absolute atomic E-state index is 11.9. The standard InChI is InChI=1S/C20H20N4O4/c1-10-16-17(14(8-21)18(22)28-19(16)24-23-10)12-5-6-15(26-2)13(7-12)9-27-20(25)11-3-4-11/h5-7,11,17H,3-4,9,22H2,1-2H3,(H,23,24)/t17-/m0/s1. The van der Waals surface area contributed by atoms with Crippen LogP contribution in [0.4, 0.5) is 0 Å². The molecule has 1 aromatic carbocycles. The van der Waals surface area contributed by atoms with Gasteiger partial charge < -0.3 is 19.9 Å². The predicted molar refractivity (Wildman–Crippen MR) is 98.1 cm³/mol. The van der Waals surface area contributed by atoms with Crippen molar-refractivity contribution in [2.45, 2.75) is 32.3 Å². The summed E-state index contributed by atoms with van der Waals surface area (Å²) in [5, 5.41) is 16.7. The number of allylic oxidation sites excluding steroid dienone is 1. The first-order chi connectivity index (χ1) is 13.5. The number of rotatable bonds is 5. The highest BCUT2D eigenvalue weighted by molar-refractivity contribution is 5.75. The molecule has 1 aliphatic heterocycles. The lowest BCUT2D eigenvalue weighted by atomic mass is 9.83. The molecule has 0 bridgehead atoms. The van der Waals surface area contributed by atoms with Crippen LogP contribution in [0.2, 0.25) is 0 Å². The van der Waals surface area contributed by atoms with Crippen LogP contribution in [0.5, 0.6) is 11.6 Å². The van der Waals surface area contributed by atoms with Gasteiger partial charge in [0.2, 0.25) is 11.8 Å². The van der Waals surface area contributed by atoms with Gasteiger partial charge in [0.1, 0.15) is 24.0 Å². The number of carbonyl (C=O) groups is 1. The zero-order valence-corrected chi connectivity index (χ0v) is 15.6. The van der Waals surface area contributed by atoms with E-state index < -0.39 is 5.92 Å². The lowest BCUT2D eigenvalue weighted by Gasteiger charge is -2.24. The van der Waals surface area contributed by atoms with Crippen LogP contribution in [0.1, 0.15) is 41.1 Å². The molecule has 3 N–H and O–H groups in total. The summed E-state index contributed by atoms with van der Waals surface area (Å²) in [5.74, 6) is 0.401. The van der Waals surface area contributed by atoms with E-state index in [1.165, 1.54) is 0 Å². The van der Waals surface area contributed by atoms with Gasteiger partial charge in [-0.2, -0.15) is 5.26 Å². The Morgan fingerprint density at radius 3 is 2.93 bits per heavy atom. The van der Waals surface area contributed by atoms with Crippen LogP contribution in [0.3, 0.4) is 0 Å². The van der Waals surface area contributed by atoms with E-state index in [4.69, 9.17) is 19.9 Å². The smallest absolute Gasteiger partial charge is 0.309 e. The number of methoxy groups -OCH3 is 1. The van der Waals surface area contributed by atoms with Crippen molar-refractivity contribution in [1.82, 2.24) is 10.2 Å². The molecule has 0 spiro atoms. The maximum atomic E-state index is 11.9. The normalized spacial score (nSPS) is 18.1. The van der Waals surface area contributed by atoms with Gasteiger partial charge >= 0.3 is 5.97 Å². The van der Waals surface area contributed by atoms with Crippen LogP contribution in [-0.4, -0.2) is 23.3 Å². The van der Waals surface area contributed by atoms with Gasteiger partial charge in [0.05, 0.1) is 18.9 Å². The number of fused-ring (bicyclic) bond motifs is 1. The van der Waals surface area contributed by atoms with E-state index in [0.717, 1.165) is 35.2 Å². The van der Waals surface area contributed by atoms with Gasteiger partial charge in [0.25, 0.3) is 0 Å². The topological polar surface area (TPSA) is 123 Å². The number of benzene rings is 1. The quantitative estimate of drug-likeness (QED) is 0.763. The van der Waals surface area contributed by atoms with Crippen molar-refractivity contribution in [1.29, 1.82) is 5.26 Å². The van der Waals surface area contributed by atoms with E-state index in [-0.39, 0.29) is 24.4 Å². The highest BCUT2D eigenvalue weighted by atomic mass is 16.5. The Bertz CT molecular complexity index is 1010. The fourth-order valence-corrected chi connectivity index (χ4v) is 3.41. The molecule has 1 aromatic heterocycles. The zero-order chi connectivity index (χ0) is 19.8. The van der Waals surface area contributed by atoms with Crippen molar-refractivity contribution in [3.8, 4) is 17.7 Å². The average molecular weight is 380 g/mol. The Morgan fingerprint density at radius 2 is 2.25 bits per heavy atom. The summed E-state index contributed by atoms with van der Waals surface area (Å²) >= 11 is 0. The number of nitrogens with one attached hydrogen (secondary N) is 1. The number of carbonyl (C=O) groups excluding carboxylic acids is 1. The van der Waals surface area contributed by atoms with Gasteiger partial charge in [-0.1, -0.05) is 6.07 Å². The summed E-state index contributed by atoms with van der Waals surface area (Å²) in [4.78, 5) is 11.9. The van der Waals surface area contributed by atoms with E-state index in [0.29, 0.717) is 17.2 Å². The number of nitriles is 1. The third-order valence-corrected chi connectivity index (χ3v) is 5.05. The van der Waals surface area contributed by atoms with E-state index >= 15 is 0 Å². The van der Waals surface area contributed by atoms with E-state index in [2.05, 4.69) is 16.3 Å². The van der Waals surface area contributed by atoms with Crippen molar-refractivity contribution >= 4 is 5.97 Å². The molecule has 0 saturated heterocycles. The SMILES string of the molecule is COc1ccc([C@H]2C(C#N)=C(N)Oc3n[nH]c(C)c32)cc1COC(=O)C1CC1. The lowest BCUT2D eigenvalue weighted by molar-refractivity contribution is -0.146. The lowest BCUT2D eigenvalue weighted by Crippen LogP contribution is -2.21. The minimum absolute atomic E-state index is 0.0220. The average Bonchev–Trinajstić information content (AvgIpc) is 3.49. The Kier molecular flexibility index (Phi) is 4.43. The molecule has 8 nitrogen and oxygen atoms in total. The number of nitrogens with zero attached hydrogens (tertiary/aromatic N) is 2. The molecule has 1 atom stereocenters. The van der Waals surface area contributed by atoms with Gasteiger partial charge in [-0.3, -0.25) is 9.89 Å². The molecule has 8 heteroatoms. The zero-order valence-electron chi connectivity index (χ0n) is 15.6. The van der Waals surface area contributed by atoms with Crippen LogP contribution in [0, 0.1) is 24.2 Å². The molecule has 0 amide bonds. The van der Waals surface area contributed by atoms with Crippen LogP contribution < -0.4 is 15.2 Å². The summed E-state index contributed by atoms with van der Waals surface area (Å²) in [5.41, 5.74) is 9.35. The first-order valence-corrected chi connectivity index (χ1v) is 8.99. The fourth-order valence-electron chi connectivity index (χ4n) is 3.41. The molecule has 4 rings (SSSR count). The van der Waals surface area contributed by atoms with E-state index in [9.17, 15) is 10.1 Å².